The lowest BCUT2D eigenvalue weighted by Crippen LogP contribution is -3.09. The van der Waals surface area contributed by atoms with Crippen LogP contribution in [0.2, 0.25) is 4.34 Å². The van der Waals surface area contributed by atoms with Crippen LogP contribution in [0.3, 0.4) is 0 Å². The van der Waals surface area contributed by atoms with Crippen LogP contribution >= 0.6 is 22.9 Å². The van der Waals surface area contributed by atoms with E-state index in [1.165, 1.54) is 48.3 Å². The minimum absolute atomic E-state index is 0.113. The summed E-state index contributed by atoms with van der Waals surface area (Å²) in [6.45, 7) is 3.94. The van der Waals surface area contributed by atoms with E-state index in [1.807, 2.05) is 19.1 Å². The third-order valence-corrected chi connectivity index (χ3v) is 6.71. The van der Waals surface area contributed by atoms with E-state index in [-0.39, 0.29) is 10.5 Å². The molecule has 0 bridgehead atoms. The molecular formula is C15H21ClN3O3S2+. The Balaban J connectivity index is 2.25. The summed E-state index contributed by atoms with van der Waals surface area (Å²) >= 11 is 7.47. The zero-order valence-electron chi connectivity index (χ0n) is 13.8. The molecule has 2 aromatic rings. The normalized spacial score (nSPS) is 13.4. The van der Waals surface area contributed by atoms with Gasteiger partial charge < -0.3 is 4.90 Å². The molecule has 0 saturated heterocycles. The molecule has 0 radical (unpaired) electrons. The molecule has 6 nitrogen and oxygen atoms in total. The SMILES string of the molecule is CC[NH+](Cc1ccc(Cl)s1)Cn1cc(S(=O)(=O)N(C)C)ccc1=O. The summed E-state index contributed by atoms with van der Waals surface area (Å²) < 4.78 is 27.8. The van der Waals surface area contributed by atoms with Crippen molar-refractivity contribution in [2.45, 2.75) is 25.0 Å². The number of hydrogen-bond acceptors (Lipinski definition) is 4. The van der Waals surface area contributed by atoms with Crippen LogP contribution in [0.15, 0.2) is 40.2 Å². The summed E-state index contributed by atoms with van der Waals surface area (Å²) in [5.74, 6) is 0. The molecule has 24 heavy (non-hydrogen) atoms. The zero-order chi connectivity index (χ0) is 17.9. The van der Waals surface area contributed by atoms with Crippen LogP contribution < -0.4 is 10.5 Å². The van der Waals surface area contributed by atoms with Crippen molar-refractivity contribution < 1.29 is 13.3 Å². The van der Waals surface area contributed by atoms with Gasteiger partial charge in [0, 0.05) is 26.4 Å². The van der Waals surface area contributed by atoms with Crippen LogP contribution in [0.5, 0.6) is 0 Å². The Bertz CT molecular complexity index is 859. The van der Waals surface area contributed by atoms with Crippen LogP contribution in [0.25, 0.3) is 0 Å². The third kappa shape index (κ3) is 4.46. The van der Waals surface area contributed by atoms with Gasteiger partial charge in [0.15, 0.2) is 6.67 Å². The Kier molecular flexibility index (Phi) is 6.22. The lowest BCUT2D eigenvalue weighted by atomic mass is 10.4. The number of nitrogens with one attached hydrogen (secondary N) is 1. The Morgan fingerprint density at radius 3 is 2.50 bits per heavy atom. The van der Waals surface area contributed by atoms with Gasteiger partial charge in [-0.2, -0.15) is 0 Å². The average molecular weight is 391 g/mol. The highest BCUT2D eigenvalue weighted by Gasteiger charge is 2.19. The summed E-state index contributed by atoms with van der Waals surface area (Å²) in [5, 5.41) is 0. The predicted octanol–water partition coefficient (Wildman–Crippen LogP) is 0.876. The number of pyridine rings is 1. The van der Waals surface area contributed by atoms with Gasteiger partial charge >= 0.3 is 0 Å². The first-order chi connectivity index (χ1) is 11.2. The Hall–Kier alpha value is -1.19. The van der Waals surface area contributed by atoms with Gasteiger partial charge in [-0.1, -0.05) is 11.6 Å². The molecule has 0 amide bonds. The van der Waals surface area contributed by atoms with E-state index in [4.69, 9.17) is 11.6 Å². The summed E-state index contributed by atoms with van der Waals surface area (Å²) in [4.78, 5) is 14.5. The molecule has 1 N–H and O–H groups in total. The van der Waals surface area contributed by atoms with Gasteiger partial charge in [-0.3, -0.25) is 9.36 Å². The highest BCUT2D eigenvalue weighted by atomic mass is 35.5. The molecule has 0 aliphatic rings. The monoisotopic (exact) mass is 390 g/mol. The first-order valence-electron chi connectivity index (χ1n) is 7.45. The maximum atomic E-state index is 12.2. The molecule has 132 valence electrons. The summed E-state index contributed by atoms with van der Waals surface area (Å²) in [6, 6.07) is 6.47. The molecule has 2 rings (SSSR count). The molecule has 0 aliphatic heterocycles. The fraction of sp³-hybridized carbons (Fsp3) is 0.400. The van der Waals surface area contributed by atoms with Crippen LogP contribution in [0.4, 0.5) is 0 Å². The van der Waals surface area contributed by atoms with Crippen LogP contribution in [-0.4, -0.2) is 37.9 Å². The van der Waals surface area contributed by atoms with E-state index in [0.717, 1.165) is 31.5 Å². The lowest BCUT2D eigenvalue weighted by Gasteiger charge is -2.19. The van der Waals surface area contributed by atoms with Crippen LogP contribution in [-0.2, 0) is 23.2 Å². The van der Waals surface area contributed by atoms with Gasteiger partial charge in [-0.05, 0) is 25.1 Å². The summed E-state index contributed by atoms with van der Waals surface area (Å²) in [6.07, 6.45) is 1.41. The van der Waals surface area contributed by atoms with Gasteiger partial charge in [0.25, 0.3) is 5.56 Å². The average Bonchev–Trinajstić information content (AvgIpc) is 2.93. The topological polar surface area (TPSA) is 63.8 Å². The molecule has 2 aromatic heterocycles. The quantitative estimate of drug-likeness (QED) is 0.763. The molecule has 2 heterocycles. The van der Waals surface area contributed by atoms with Gasteiger partial charge in [0.05, 0.1) is 20.7 Å². The van der Waals surface area contributed by atoms with Crippen molar-refractivity contribution >= 4 is 33.0 Å². The molecular weight excluding hydrogens is 370 g/mol. The van der Waals surface area contributed by atoms with Crippen molar-refractivity contribution in [3.05, 3.63) is 50.0 Å². The largest absolute Gasteiger partial charge is 0.313 e. The van der Waals surface area contributed by atoms with Gasteiger partial charge in [0.1, 0.15) is 6.54 Å². The number of nitrogens with zero attached hydrogens (tertiary/aromatic N) is 2. The van der Waals surface area contributed by atoms with E-state index in [2.05, 4.69) is 0 Å². The second kappa shape index (κ2) is 7.79. The lowest BCUT2D eigenvalue weighted by molar-refractivity contribution is -0.934. The maximum Gasteiger partial charge on any atom is 0.254 e. The Morgan fingerprint density at radius 2 is 1.96 bits per heavy atom. The van der Waals surface area contributed by atoms with Crippen molar-refractivity contribution in [1.29, 1.82) is 0 Å². The van der Waals surface area contributed by atoms with Crippen molar-refractivity contribution in [3.63, 3.8) is 0 Å². The van der Waals surface area contributed by atoms with E-state index < -0.39 is 10.0 Å². The van der Waals surface area contributed by atoms with Crippen LogP contribution in [0, 0.1) is 0 Å². The highest BCUT2D eigenvalue weighted by Crippen LogP contribution is 2.20. The highest BCUT2D eigenvalue weighted by molar-refractivity contribution is 7.89. The maximum absolute atomic E-state index is 12.2. The number of rotatable bonds is 7. The summed E-state index contributed by atoms with van der Waals surface area (Å²) in [7, 11) is -0.631. The fourth-order valence-corrected chi connectivity index (χ4v) is 4.30. The zero-order valence-corrected chi connectivity index (χ0v) is 16.2. The van der Waals surface area contributed by atoms with Crippen molar-refractivity contribution in [2.24, 2.45) is 0 Å². The molecule has 1 atom stereocenters. The first-order valence-corrected chi connectivity index (χ1v) is 10.1. The third-order valence-electron chi connectivity index (χ3n) is 3.68. The molecule has 0 aromatic carbocycles. The molecule has 0 spiro atoms. The van der Waals surface area contributed by atoms with Crippen molar-refractivity contribution in [3.8, 4) is 0 Å². The summed E-state index contributed by atoms with van der Waals surface area (Å²) in [5.41, 5.74) is -0.220. The first kappa shape index (κ1) is 19.1. The van der Waals surface area contributed by atoms with Gasteiger partial charge in [-0.25, -0.2) is 12.7 Å². The van der Waals surface area contributed by atoms with E-state index in [9.17, 15) is 13.2 Å². The second-order valence-corrected chi connectivity index (χ2v) is 9.56. The standard InChI is InChI=1S/C15H20ClN3O3S2/c1-4-18(9-12-5-7-14(16)23-12)11-19-10-13(6-8-15(19)20)24(21,22)17(2)3/h5-8,10H,4,9,11H2,1-3H3/p+1. The number of sulfonamides is 1. The van der Waals surface area contributed by atoms with E-state index >= 15 is 0 Å². The molecule has 9 heteroatoms. The van der Waals surface area contributed by atoms with Gasteiger partial charge in [0.2, 0.25) is 10.0 Å². The second-order valence-electron chi connectivity index (χ2n) is 5.60. The predicted molar refractivity (Wildman–Crippen MR) is 96.1 cm³/mol. The number of halogens is 1. The molecule has 0 aliphatic carbocycles. The van der Waals surface area contributed by atoms with E-state index in [0.29, 0.717) is 6.67 Å². The molecule has 0 saturated carbocycles. The Morgan fingerprint density at radius 1 is 1.25 bits per heavy atom. The minimum atomic E-state index is -3.57. The van der Waals surface area contributed by atoms with Gasteiger partial charge in [-0.15, -0.1) is 11.3 Å². The van der Waals surface area contributed by atoms with Crippen LogP contribution in [0.1, 0.15) is 11.8 Å². The minimum Gasteiger partial charge on any atom is -0.313 e. The Labute approximate surface area is 150 Å². The van der Waals surface area contributed by atoms with Crippen molar-refractivity contribution in [1.82, 2.24) is 8.87 Å². The smallest absolute Gasteiger partial charge is 0.254 e. The van der Waals surface area contributed by atoms with E-state index in [1.54, 1.807) is 0 Å². The number of hydrogen-bond donors (Lipinski definition) is 1. The fourth-order valence-electron chi connectivity index (χ4n) is 2.22. The number of aromatic nitrogens is 1. The molecule has 0 fully saturated rings. The molecule has 1 unspecified atom stereocenters. The van der Waals surface area contributed by atoms with Crippen molar-refractivity contribution in [2.75, 3.05) is 20.6 Å². The number of thiophene rings is 1. The number of quaternary nitrogens is 1.